The third kappa shape index (κ3) is 3.80. The number of carbonyl (C=O) groups is 1. The molecule has 0 saturated heterocycles. The van der Waals surface area contributed by atoms with Crippen molar-refractivity contribution >= 4 is 5.97 Å². The zero-order valence-corrected chi connectivity index (χ0v) is 11.9. The Morgan fingerprint density at radius 2 is 2.16 bits per heavy atom. The summed E-state index contributed by atoms with van der Waals surface area (Å²) >= 11 is 0. The third-order valence-corrected chi connectivity index (χ3v) is 3.71. The molecular formula is C16H23NO2. The van der Waals surface area contributed by atoms with Gasteiger partial charge in [-0.3, -0.25) is 4.79 Å². The van der Waals surface area contributed by atoms with Crippen molar-refractivity contribution in [1.82, 2.24) is 5.32 Å². The Labute approximate surface area is 115 Å². The van der Waals surface area contributed by atoms with Crippen LogP contribution in [-0.4, -0.2) is 19.1 Å². The van der Waals surface area contributed by atoms with E-state index in [-0.39, 0.29) is 12.0 Å². The SMILES string of the molecule is CCOC(=O)CCNC(C)c1ccc2c(c1)CCC2. The van der Waals surface area contributed by atoms with Gasteiger partial charge in [-0.05, 0) is 49.8 Å². The number of hydrogen-bond acceptors (Lipinski definition) is 3. The van der Waals surface area contributed by atoms with E-state index in [1.54, 1.807) is 0 Å². The number of benzene rings is 1. The van der Waals surface area contributed by atoms with Crippen LogP contribution in [0.2, 0.25) is 0 Å². The zero-order chi connectivity index (χ0) is 13.7. The van der Waals surface area contributed by atoms with Gasteiger partial charge in [0, 0.05) is 12.6 Å². The largest absolute Gasteiger partial charge is 0.466 e. The van der Waals surface area contributed by atoms with E-state index in [2.05, 4.69) is 30.4 Å². The molecule has 1 N–H and O–H groups in total. The molecule has 1 aromatic carbocycles. The Morgan fingerprint density at radius 1 is 1.37 bits per heavy atom. The molecule has 1 aromatic rings. The van der Waals surface area contributed by atoms with Gasteiger partial charge >= 0.3 is 5.97 Å². The lowest BCUT2D eigenvalue weighted by atomic mass is 10.0. The topological polar surface area (TPSA) is 38.3 Å². The lowest BCUT2D eigenvalue weighted by Crippen LogP contribution is -2.22. The number of fused-ring (bicyclic) bond motifs is 1. The summed E-state index contributed by atoms with van der Waals surface area (Å²) in [5.74, 6) is -0.129. The van der Waals surface area contributed by atoms with Gasteiger partial charge < -0.3 is 10.1 Å². The number of nitrogens with one attached hydrogen (secondary N) is 1. The van der Waals surface area contributed by atoms with Gasteiger partial charge in [-0.2, -0.15) is 0 Å². The monoisotopic (exact) mass is 261 g/mol. The van der Waals surface area contributed by atoms with Crippen molar-refractivity contribution < 1.29 is 9.53 Å². The second-order valence-electron chi connectivity index (χ2n) is 5.11. The van der Waals surface area contributed by atoms with Crippen molar-refractivity contribution in [1.29, 1.82) is 0 Å². The van der Waals surface area contributed by atoms with Gasteiger partial charge in [0.25, 0.3) is 0 Å². The van der Waals surface area contributed by atoms with Crippen molar-refractivity contribution in [2.75, 3.05) is 13.2 Å². The molecule has 1 atom stereocenters. The minimum atomic E-state index is -0.129. The zero-order valence-electron chi connectivity index (χ0n) is 11.9. The molecule has 0 spiro atoms. The fourth-order valence-electron chi connectivity index (χ4n) is 2.60. The normalized spacial score (nSPS) is 15.1. The first-order valence-corrected chi connectivity index (χ1v) is 7.21. The van der Waals surface area contributed by atoms with Crippen molar-refractivity contribution in [3.8, 4) is 0 Å². The molecule has 0 bridgehead atoms. The predicted molar refractivity (Wildman–Crippen MR) is 76.1 cm³/mol. The van der Waals surface area contributed by atoms with Crippen molar-refractivity contribution in [3.05, 3.63) is 34.9 Å². The van der Waals surface area contributed by atoms with Gasteiger partial charge in [0.05, 0.1) is 13.0 Å². The number of aryl methyl sites for hydroxylation is 2. The molecular weight excluding hydrogens is 238 g/mol. The fourth-order valence-corrected chi connectivity index (χ4v) is 2.60. The maximum Gasteiger partial charge on any atom is 0.307 e. The van der Waals surface area contributed by atoms with Crippen LogP contribution >= 0.6 is 0 Å². The predicted octanol–water partition coefficient (Wildman–Crippen LogP) is 2.78. The summed E-state index contributed by atoms with van der Waals surface area (Å²) in [5.41, 5.74) is 4.31. The van der Waals surface area contributed by atoms with Crippen LogP contribution in [0.15, 0.2) is 18.2 Å². The first-order valence-electron chi connectivity index (χ1n) is 7.21. The number of ether oxygens (including phenoxy) is 1. The summed E-state index contributed by atoms with van der Waals surface area (Å²) in [6.45, 7) is 5.09. The average Bonchev–Trinajstić information content (AvgIpc) is 2.86. The highest BCUT2D eigenvalue weighted by Gasteiger charge is 2.13. The van der Waals surface area contributed by atoms with Gasteiger partial charge in [0.15, 0.2) is 0 Å². The van der Waals surface area contributed by atoms with Crippen LogP contribution < -0.4 is 5.32 Å². The van der Waals surface area contributed by atoms with Crippen LogP contribution in [0.1, 0.15) is 49.4 Å². The maximum atomic E-state index is 11.3. The highest BCUT2D eigenvalue weighted by molar-refractivity contribution is 5.69. The summed E-state index contributed by atoms with van der Waals surface area (Å²) in [7, 11) is 0. The van der Waals surface area contributed by atoms with Crippen LogP contribution in [0.3, 0.4) is 0 Å². The lowest BCUT2D eigenvalue weighted by Gasteiger charge is -2.15. The summed E-state index contributed by atoms with van der Waals surface area (Å²) in [4.78, 5) is 11.3. The van der Waals surface area contributed by atoms with Crippen LogP contribution in [-0.2, 0) is 22.4 Å². The molecule has 0 fully saturated rings. The van der Waals surface area contributed by atoms with Crippen molar-refractivity contribution in [2.24, 2.45) is 0 Å². The Kier molecular flexibility index (Phi) is 4.97. The lowest BCUT2D eigenvalue weighted by molar-refractivity contribution is -0.143. The number of carbonyl (C=O) groups excluding carboxylic acids is 1. The van der Waals surface area contributed by atoms with Gasteiger partial charge in [0.1, 0.15) is 0 Å². The van der Waals surface area contributed by atoms with E-state index in [1.807, 2.05) is 6.92 Å². The molecule has 0 aliphatic heterocycles. The minimum absolute atomic E-state index is 0.129. The van der Waals surface area contributed by atoms with Gasteiger partial charge in [-0.15, -0.1) is 0 Å². The van der Waals surface area contributed by atoms with E-state index in [9.17, 15) is 4.79 Å². The first-order chi connectivity index (χ1) is 9.20. The van der Waals surface area contributed by atoms with Gasteiger partial charge in [-0.25, -0.2) is 0 Å². The molecule has 0 radical (unpaired) electrons. The van der Waals surface area contributed by atoms with E-state index < -0.39 is 0 Å². The highest BCUT2D eigenvalue weighted by atomic mass is 16.5. The number of rotatable bonds is 6. The van der Waals surface area contributed by atoms with Crippen molar-refractivity contribution in [3.63, 3.8) is 0 Å². The van der Waals surface area contributed by atoms with E-state index in [4.69, 9.17) is 4.74 Å². The second-order valence-corrected chi connectivity index (χ2v) is 5.11. The molecule has 3 nitrogen and oxygen atoms in total. The molecule has 0 amide bonds. The molecule has 0 saturated carbocycles. The quantitative estimate of drug-likeness (QED) is 0.800. The van der Waals surface area contributed by atoms with E-state index in [1.165, 1.54) is 36.0 Å². The summed E-state index contributed by atoms with van der Waals surface area (Å²) in [5, 5.41) is 3.38. The molecule has 1 unspecified atom stereocenters. The molecule has 19 heavy (non-hydrogen) atoms. The molecule has 0 aromatic heterocycles. The average molecular weight is 261 g/mol. The van der Waals surface area contributed by atoms with Crippen LogP contribution in [0.4, 0.5) is 0 Å². The van der Waals surface area contributed by atoms with Crippen molar-refractivity contribution in [2.45, 2.75) is 45.6 Å². The summed E-state index contributed by atoms with van der Waals surface area (Å²) in [6, 6.07) is 7.04. The summed E-state index contributed by atoms with van der Waals surface area (Å²) < 4.78 is 4.91. The standard InChI is InChI=1S/C16H23NO2/c1-3-19-16(18)9-10-17-12(2)14-8-7-13-5-4-6-15(13)11-14/h7-8,11-12,17H,3-6,9-10H2,1-2H3. The fraction of sp³-hybridized carbons (Fsp3) is 0.562. The van der Waals surface area contributed by atoms with E-state index >= 15 is 0 Å². The smallest absolute Gasteiger partial charge is 0.307 e. The number of hydrogen-bond donors (Lipinski definition) is 1. The molecule has 0 heterocycles. The van der Waals surface area contributed by atoms with Crippen LogP contribution in [0.5, 0.6) is 0 Å². The van der Waals surface area contributed by atoms with Gasteiger partial charge in [-0.1, -0.05) is 18.2 Å². The molecule has 1 aliphatic carbocycles. The Bertz CT molecular complexity index is 442. The highest BCUT2D eigenvalue weighted by Crippen LogP contribution is 2.25. The third-order valence-electron chi connectivity index (χ3n) is 3.71. The van der Waals surface area contributed by atoms with Gasteiger partial charge in [0.2, 0.25) is 0 Å². The van der Waals surface area contributed by atoms with Crippen LogP contribution in [0.25, 0.3) is 0 Å². The Morgan fingerprint density at radius 3 is 2.95 bits per heavy atom. The summed E-state index contributed by atoms with van der Waals surface area (Å²) in [6.07, 6.45) is 4.14. The van der Waals surface area contributed by atoms with E-state index in [0.717, 1.165) is 0 Å². The molecule has 3 heteroatoms. The second kappa shape index (κ2) is 6.71. The maximum absolute atomic E-state index is 11.3. The molecule has 1 aliphatic rings. The Balaban J connectivity index is 1.83. The van der Waals surface area contributed by atoms with E-state index in [0.29, 0.717) is 19.6 Å². The Hall–Kier alpha value is -1.35. The first kappa shape index (κ1) is 14.1. The number of esters is 1. The molecule has 2 rings (SSSR count). The molecule has 104 valence electrons. The minimum Gasteiger partial charge on any atom is -0.466 e. The van der Waals surface area contributed by atoms with Crippen LogP contribution in [0, 0.1) is 0 Å².